The highest BCUT2D eigenvalue weighted by Crippen LogP contribution is 2.33. The van der Waals surface area contributed by atoms with Gasteiger partial charge in [0.15, 0.2) is 5.76 Å². The zero-order chi connectivity index (χ0) is 21.3. The summed E-state index contributed by atoms with van der Waals surface area (Å²) in [7, 11) is 0. The summed E-state index contributed by atoms with van der Waals surface area (Å²) in [6.07, 6.45) is 0. The molecule has 0 spiro atoms. The molecular formula is C21H17Cl2N3O3S. The van der Waals surface area contributed by atoms with Gasteiger partial charge in [-0.05, 0) is 36.4 Å². The van der Waals surface area contributed by atoms with E-state index in [0.29, 0.717) is 64.0 Å². The number of anilines is 1. The Morgan fingerprint density at radius 3 is 2.50 bits per heavy atom. The fraction of sp³-hybridized carbons (Fsp3) is 0.190. The summed E-state index contributed by atoms with van der Waals surface area (Å²) in [6.45, 7) is 2.52. The number of hydrogen-bond donors (Lipinski definition) is 0. The number of piperazine rings is 1. The molecule has 4 rings (SSSR count). The predicted molar refractivity (Wildman–Crippen MR) is 123 cm³/mol. The van der Waals surface area contributed by atoms with Crippen molar-refractivity contribution in [1.29, 1.82) is 0 Å². The third kappa shape index (κ3) is 4.14. The Kier molecular flexibility index (Phi) is 5.94. The lowest BCUT2D eigenvalue weighted by molar-refractivity contribution is -0.384. The monoisotopic (exact) mass is 461 g/mol. The summed E-state index contributed by atoms with van der Waals surface area (Å²) in [5.74, 6) is 1.17. The molecule has 1 aromatic heterocycles. The first-order valence-electron chi connectivity index (χ1n) is 9.27. The van der Waals surface area contributed by atoms with E-state index in [1.165, 1.54) is 6.07 Å². The van der Waals surface area contributed by atoms with Crippen molar-refractivity contribution in [2.75, 3.05) is 31.1 Å². The molecule has 0 aliphatic carbocycles. The van der Waals surface area contributed by atoms with Gasteiger partial charge >= 0.3 is 0 Å². The molecule has 0 unspecified atom stereocenters. The van der Waals surface area contributed by atoms with Gasteiger partial charge in [-0.15, -0.1) is 0 Å². The highest BCUT2D eigenvalue weighted by Gasteiger charge is 2.25. The number of rotatable bonds is 4. The number of nitro groups is 1. The summed E-state index contributed by atoms with van der Waals surface area (Å²) in [5, 5.41) is 12.4. The minimum Gasteiger partial charge on any atom is -0.454 e. The minimum absolute atomic E-state index is 0.114. The molecule has 154 valence electrons. The van der Waals surface area contributed by atoms with E-state index >= 15 is 0 Å². The molecule has 0 atom stereocenters. The Labute approximate surface area is 188 Å². The molecule has 0 saturated carbocycles. The van der Waals surface area contributed by atoms with E-state index in [1.54, 1.807) is 30.3 Å². The molecule has 30 heavy (non-hydrogen) atoms. The summed E-state index contributed by atoms with van der Waals surface area (Å²) in [6, 6.07) is 15.6. The van der Waals surface area contributed by atoms with Gasteiger partial charge in [0.1, 0.15) is 16.4 Å². The SMILES string of the molecule is O=[N+]([O-])c1ccccc1N1CCN(C(=S)c2ccc(-c3cc(Cl)ccc3Cl)o2)CC1. The van der Waals surface area contributed by atoms with Crippen molar-refractivity contribution >= 4 is 51.8 Å². The van der Waals surface area contributed by atoms with Gasteiger partial charge in [0, 0.05) is 42.8 Å². The fourth-order valence-electron chi connectivity index (χ4n) is 3.48. The Balaban J connectivity index is 1.46. The second-order valence-electron chi connectivity index (χ2n) is 6.81. The lowest BCUT2D eigenvalue weighted by Crippen LogP contribution is -2.48. The quantitative estimate of drug-likeness (QED) is 0.283. The molecule has 0 radical (unpaired) electrons. The van der Waals surface area contributed by atoms with Crippen molar-refractivity contribution in [3.8, 4) is 11.3 Å². The van der Waals surface area contributed by atoms with Crippen LogP contribution in [0.2, 0.25) is 10.0 Å². The molecule has 0 bridgehead atoms. The van der Waals surface area contributed by atoms with Crippen LogP contribution in [0.4, 0.5) is 11.4 Å². The topological polar surface area (TPSA) is 62.8 Å². The van der Waals surface area contributed by atoms with Gasteiger partial charge in [-0.1, -0.05) is 47.6 Å². The molecule has 0 amide bonds. The molecular weight excluding hydrogens is 445 g/mol. The normalized spacial score (nSPS) is 14.1. The third-order valence-corrected chi connectivity index (χ3v) is 6.02. The number of nitro benzene ring substituents is 1. The van der Waals surface area contributed by atoms with Crippen LogP contribution in [0.1, 0.15) is 5.76 Å². The van der Waals surface area contributed by atoms with Crippen molar-refractivity contribution in [2.24, 2.45) is 0 Å². The van der Waals surface area contributed by atoms with Crippen molar-refractivity contribution in [2.45, 2.75) is 0 Å². The van der Waals surface area contributed by atoms with Crippen molar-refractivity contribution in [1.82, 2.24) is 4.90 Å². The summed E-state index contributed by atoms with van der Waals surface area (Å²) in [5.41, 5.74) is 1.45. The number of para-hydroxylation sites is 2. The molecule has 9 heteroatoms. The molecule has 6 nitrogen and oxygen atoms in total. The van der Waals surface area contributed by atoms with E-state index in [0.717, 1.165) is 0 Å². The van der Waals surface area contributed by atoms with Crippen LogP contribution in [0.5, 0.6) is 0 Å². The van der Waals surface area contributed by atoms with E-state index in [-0.39, 0.29) is 10.6 Å². The lowest BCUT2D eigenvalue weighted by atomic mass is 10.2. The van der Waals surface area contributed by atoms with Gasteiger partial charge in [-0.2, -0.15) is 0 Å². The van der Waals surface area contributed by atoms with Crippen molar-refractivity contribution < 1.29 is 9.34 Å². The molecule has 1 fully saturated rings. The zero-order valence-corrected chi connectivity index (χ0v) is 18.1. The van der Waals surface area contributed by atoms with Crippen LogP contribution in [0.3, 0.4) is 0 Å². The van der Waals surface area contributed by atoms with E-state index in [9.17, 15) is 10.1 Å². The van der Waals surface area contributed by atoms with Gasteiger partial charge in [-0.25, -0.2) is 0 Å². The Bertz CT molecular complexity index is 1110. The first-order valence-corrected chi connectivity index (χ1v) is 10.4. The summed E-state index contributed by atoms with van der Waals surface area (Å²) < 4.78 is 5.95. The second-order valence-corrected chi connectivity index (χ2v) is 8.04. The van der Waals surface area contributed by atoms with Gasteiger partial charge in [0.05, 0.1) is 9.95 Å². The molecule has 2 aromatic carbocycles. The maximum absolute atomic E-state index is 11.3. The van der Waals surface area contributed by atoms with E-state index in [4.69, 9.17) is 39.8 Å². The first kappa shape index (κ1) is 20.7. The van der Waals surface area contributed by atoms with Crippen LogP contribution < -0.4 is 4.90 Å². The van der Waals surface area contributed by atoms with Crippen LogP contribution in [0.15, 0.2) is 59.0 Å². The number of hydrogen-bond acceptors (Lipinski definition) is 5. The van der Waals surface area contributed by atoms with Crippen LogP contribution in [0.25, 0.3) is 11.3 Å². The number of benzene rings is 2. The van der Waals surface area contributed by atoms with E-state index < -0.39 is 0 Å². The number of halogens is 2. The molecule has 1 aliphatic rings. The van der Waals surface area contributed by atoms with Gasteiger partial charge in [0.25, 0.3) is 5.69 Å². The molecule has 1 saturated heterocycles. The van der Waals surface area contributed by atoms with Crippen molar-refractivity contribution in [3.05, 3.63) is 80.5 Å². The fourth-order valence-corrected chi connectivity index (χ4v) is 4.15. The predicted octanol–water partition coefficient (Wildman–Crippen LogP) is 5.66. The largest absolute Gasteiger partial charge is 0.454 e. The highest BCUT2D eigenvalue weighted by molar-refractivity contribution is 7.80. The summed E-state index contributed by atoms with van der Waals surface area (Å²) >= 11 is 18.0. The summed E-state index contributed by atoms with van der Waals surface area (Å²) in [4.78, 5) is 15.6. The zero-order valence-electron chi connectivity index (χ0n) is 15.8. The number of thiocarbonyl (C=S) groups is 1. The van der Waals surface area contributed by atoms with Gasteiger partial charge in [-0.3, -0.25) is 10.1 Å². The maximum Gasteiger partial charge on any atom is 0.292 e. The average Bonchev–Trinajstić information content (AvgIpc) is 3.25. The minimum atomic E-state index is -0.350. The third-order valence-electron chi connectivity index (χ3n) is 5.00. The van der Waals surface area contributed by atoms with Crippen LogP contribution in [-0.2, 0) is 0 Å². The number of furan rings is 1. The highest BCUT2D eigenvalue weighted by atomic mass is 35.5. The smallest absolute Gasteiger partial charge is 0.292 e. The molecule has 3 aromatic rings. The van der Waals surface area contributed by atoms with E-state index in [2.05, 4.69) is 0 Å². The van der Waals surface area contributed by atoms with Crippen molar-refractivity contribution in [3.63, 3.8) is 0 Å². The average molecular weight is 462 g/mol. The second kappa shape index (κ2) is 8.63. The molecule has 0 N–H and O–H groups in total. The van der Waals surface area contributed by atoms with Crippen LogP contribution >= 0.6 is 35.4 Å². The van der Waals surface area contributed by atoms with Crippen LogP contribution in [-0.4, -0.2) is 41.0 Å². The Morgan fingerprint density at radius 1 is 1.03 bits per heavy atom. The van der Waals surface area contributed by atoms with E-state index in [1.807, 2.05) is 28.0 Å². The lowest BCUT2D eigenvalue weighted by Gasteiger charge is -2.36. The van der Waals surface area contributed by atoms with Gasteiger partial charge in [0.2, 0.25) is 0 Å². The maximum atomic E-state index is 11.3. The van der Waals surface area contributed by atoms with Crippen LogP contribution in [0, 0.1) is 10.1 Å². The first-order chi connectivity index (χ1) is 14.4. The Morgan fingerprint density at radius 2 is 1.77 bits per heavy atom. The standard InChI is InChI=1S/C21H17Cl2N3O3S/c22-14-5-6-16(23)15(13-14)19-7-8-20(29-19)21(30)25-11-9-24(10-12-25)17-3-1-2-4-18(17)26(27)28/h1-8,13H,9-12H2. The number of nitrogens with zero attached hydrogens (tertiary/aromatic N) is 3. The van der Waals surface area contributed by atoms with Gasteiger partial charge < -0.3 is 14.2 Å². The molecule has 2 heterocycles. The molecule has 1 aliphatic heterocycles. The Hall–Kier alpha value is -2.61.